The van der Waals surface area contributed by atoms with Crippen molar-refractivity contribution in [1.82, 2.24) is 14.7 Å². The van der Waals surface area contributed by atoms with E-state index in [1.165, 1.54) is 6.20 Å². The van der Waals surface area contributed by atoms with Gasteiger partial charge in [-0.3, -0.25) is 14.3 Å². The molecule has 1 unspecified atom stereocenters. The van der Waals surface area contributed by atoms with Crippen LogP contribution in [0.2, 0.25) is 0 Å². The molecule has 0 bridgehead atoms. The third-order valence-electron chi connectivity index (χ3n) is 4.70. The molecule has 0 spiro atoms. The first-order valence-electron chi connectivity index (χ1n) is 8.79. The number of para-hydroxylation sites is 1. The Labute approximate surface area is 157 Å². The SMILES string of the molecule is CCN(C(=O)Cn1ncc(=O)c2ccccc21)C(C)c1ccc(C#N)cc1. The van der Waals surface area contributed by atoms with E-state index >= 15 is 0 Å². The van der Waals surface area contributed by atoms with Crippen molar-refractivity contribution in [2.45, 2.75) is 26.4 Å². The van der Waals surface area contributed by atoms with Crippen LogP contribution in [-0.4, -0.2) is 27.1 Å². The number of benzene rings is 2. The van der Waals surface area contributed by atoms with E-state index in [1.54, 1.807) is 39.9 Å². The first kappa shape index (κ1) is 18.3. The minimum Gasteiger partial charge on any atom is -0.335 e. The highest BCUT2D eigenvalue weighted by Gasteiger charge is 2.21. The number of carbonyl (C=O) groups is 1. The van der Waals surface area contributed by atoms with Crippen LogP contribution in [0.15, 0.2) is 59.5 Å². The molecule has 0 radical (unpaired) electrons. The molecule has 6 heteroatoms. The van der Waals surface area contributed by atoms with Crippen LogP contribution in [0.25, 0.3) is 10.9 Å². The molecule has 6 nitrogen and oxygen atoms in total. The molecule has 1 heterocycles. The summed E-state index contributed by atoms with van der Waals surface area (Å²) in [5.74, 6) is -0.0874. The van der Waals surface area contributed by atoms with Gasteiger partial charge >= 0.3 is 0 Å². The van der Waals surface area contributed by atoms with Gasteiger partial charge in [0.2, 0.25) is 11.3 Å². The van der Waals surface area contributed by atoms with E-state index in [-0.39, 0.29) is 23.9 Å². The summed E-state index contributed by atoms with van der Waals surface area (Å²) in [7, 11) is 0. The minimum absolute atomic E-state index is 0.0508. The number of amides is 1. The Bertz CT molecular complexity index is 1060. The molecule has 1 aromatic heterocycles. The largest absolute Gasteiger partial charge is 0.335 e. The average molecular weight is 360 g/mol. The van der Waals surface area contributed by atoms with Crippen molar-refractivity contribution in [1.29, 1.82) is 5.26 Å². The quantitative estimate of drug-likeness (QED) is 0.701. The predicted octanol–water partition coefficient (Wildman–Crippen LogP) is 2.88. The zero-order chi connectivity index (χ0) is 19.4. The lowest BCUT2D eigenvalue weighted by Crippen LogP contribution is -2.36. The standard InChI is InChI=1S/C21H20N4O2/c1-3-24(15(2)17-10-8-16(12-22)9-11-17)21(27)14-25-19-7-5-4-6-18(19)20(26)13-23-25/h4-11,13,15H,3,14H2,1-2H3. The third kappa shape index (κ3) is 3.72. The topological polar surface area (TPSA) is 79.0 Å². The molecule has 0 saturated carbocycles. The number of carbonyl (C=O) groups excluding carboxylic acids is 1. The monoisotopic (exact) mass is 360 g/mol. The van der Waals surface area contributed by atoms with Gasteiger partial charge in [0, 0.05) is 11.9 Å². The van der Waals surface area contributed by atoms with Crippen LogP contribution in [0.1, 0.15) is 31.0 Å². The highest BCUT2D eigenvalue weighted by molar-refractivity contribution is 5.81. The van der Waals surface area contributed by atoms with Crippen LogP contribution in [-0.2, 0) is 11.3 Å². The zero-order valence-electron chi connectivity index (χ0n) is 15.3. The molecular formula is C21H20N4O2. The number of likely N-dealkylation sites (N-methyl/N-ethyl adjacent to an activating group) is 1. The Morgan fingerprint density at radius 2 is 1.93 bits per heavy atom. The summed E-state index contributed by atoms with van der Waals surface area (Å²) in [6.45, 7) is 4.47. The lowest BCUT2D eigenvalue weighted by atomic mass is 10.0. The summed E-state index contributed by atoms with van der Waals surface area (Å²) in [6.07, 6.45) is 1.25. The molecule has 136 valence electrons. The van der Waals surface area contributed by atoms with Gasteiger partial charge in [-0.15, -0.1) is 0 Å². The van der Waals surface area contributed by atoms with Gasteiger partial charge in [-0.25, -0.2) is 0 Å². The van der Waals surface area contributed by atoms with E-state index in [0.29, 0.717) is 23.0 Å². The Balaban J connectivity index is 1.86. The van der Waals surface area contributed by atoms with E-state index in [2.05, 4.69) is 11.2 Å². The fourth-order valence-electron chi connectivity index (χ4n) is 3.19. The smallest absolute Gasteiger partial charge is 0.244 e. The third-order valence-corrected chi connectivity index (χ3v) is 4.70. The molecular weight excluding hydrogens is 340 g/mol. The molecule has 1 atom stereocenters. The summed E-state index contributed by atoms with van der Waals surface area (Å²) in [5, 5.41) is 13.6. The molecule has 3 aromatic rings. The van der Waals surface area contributed by atoms with E-state index in [9.17, 15) is 9.59 Å². The van der Waals surface area contributed by atoms with E-state index in [1.807, 2.05) is 32.0 Å². The summed E-state index contributed by atoms with van der Waals surface area (Å²) in [5.41, 5.74) is 2.03. The van der Waals surface area contributed by atoms with Crippen LogP contribution >= 0.6 is 0 Å². The summed E-state index contributed by atoms with van der Waals surface area (Å²) in [4.78, 5) is 26.7. The molecule has 0 N–H and O–H groups in total. The predicted molar refractivity (Wildman–Crippen MR) is 103 cm³/mol. The van der Waals surface area contributed by atoms with Crippen LogP contribution in [0.4, 0.5) is 0 Å². The Morgan fingerprint density at radius 1 is 1.22 bits per heavy atom. The summed E-state index contributed by atoms with van der Waals surface area (Å²) in [6, 6.07) is 16.3. The number of rotatable bonds is 5. The van der Waals surface area contributed by atoms with Crippen molar-refractivity contribution in [3.8, 4) is 6.07 Å². The van der Waals surface area contributed by atoms with Crippen molar-refractivity contribution in [3.63, 3.8) is 0 Å². The number of nitriles is 1. The Kier molecular flexibility index (Phi) is 5.32. The van der Waals surface area contributed by atoms with Crippen molar-refractivity contribution < 1.29 is 4.79 Å². The highest BCUT2D eigenvalue weighted by Crippen LogP contribution is 2.21. The maximum atomic E-state index is 12.9. The normalized spacial score (nSPS) is 11.7. The van der Waals surface area contributed by atoms with Gasteiger partial charge in [-0.2, -0.15) is 10.4 Å². The van der Waals surface area contributed by atoms with Crippen LogP contribution < -0.4 is 5.43 Å². The molecule has 2 aromatic carbocycles. The zero-order valence-corrected chi connectivity index (χ0v) is 15.3. The van der Waals surface area contributed by atoms with Gasteiger partial charge < -0.3 is 4.90 Å². The first-order chi connectivity index (χ1) is 13.0. The van der Waals surface area contributed by atoms with Crippen molar-refractivity contribution >= 4 is 16.8 Å². The maximum Gasteiger partial charge on any atom is 0.244 e. The maximum absolute atomic E-state index is 12.9. The average Bonchev–Trinajstić information content (AvgIpc) is 2.71. The summed E-state index contributed by atoms with van der Waals surface area (Å²) >= 11 is 0. The van der Waals surface area contributed by atoms with Crippen LogP contribution in [0.3, 0.4) is 0 Å². The van der Waals surface area contributed by atoms with Gasteiger partial charge in [0.15, 0.2) is 0 Å². The number of fused-ring (bicyclic) bond motifs is 1. The molecule has 0 saturated heterocycles. The molecule has 0 aliphatic rings. The first-order valence-corrected chi connectivity index (χ1v) is 8.79. The molecule has 0 fully saturated rings. The van der Waals surface area contributed by atoms with E-state index in [0.717, 1.165) is 5.56 Å². The number of nitrogens with zero attached hydrogens (tertiary/aromatic N) is 4. The Morgan fingerprint density at radius 3 is 2.59 bits per heavy atom. The number of aromatic nitrogens is 2. The molecule has 3 rings (SSSR count). The van der Waals surface area contributed by atoms with Gasteiger partial charge in [0.25, 0.3) is 0 Å². The van der Waals surface area contributed by atoms with Gasteiger partial charge in [-0.05, 0) is 43.7 Å². The van der Waals surface area contributed by atoms with Crippen molar-refractivity contribution in [2.24, 2.45) is 0 Å². The van der Waals surface area contributed by atoms with Crippen LogP contribution in [0, 0.1) is 11.3 Å². The summed E-state index contributed by atoms with van der Waals surface area (Å²) < 4.78 is 1.56. The highest BCUT2D eigenvalue weighted by atomic mass is 16.2. The lowest BCUT2D eigenvalue weighted by Gasteiger charge is -2.29. The van der Waals surface area contributed by atoms with Crippen molar-refractivity contribution in [2.75, 3.05) is 6.54 Å². The fourth-order valence-corrected chi connectivity index (χ4v) is 3.19. The van der Waals surface area contributed by atoms with E-state index < -0.39 is 0 Å². The van der Waals surface area contributed by atoms with Crippen molar-refractivity contribution in [3.05, 3.63) is 76.1 Å². The van der Waals surface area contributed by atoms with Gasteiger partial charge in [0.1, 0.15) is 6.54 Å². The molecule has 0 aliphatic carbocycles. The molecule has 27 heavy (non-hydrogen) atoms. The second kappa shape index (κ2) is 7.83. The number of hydrogen-bond donors (Lipinski definition) is 0. The molecule has 0 aliphatic heterocycles. The van der Waals surface area contributed by atoms with Crippen LogP contribution in [0.5, 0.6) is 0 Å². The van der Waals surface area contributed by atoms with Gasteiger partial charge in [-0.1, -0.05) is 24.3 Å². The molecule has 1 amide bonds. The lowest BCUT2D eigenvalue weighted by molar-refractivity contribution is -0.133. The van der Waals surface area contributed by atoms with Gasteiger partial charge in [0.05, 0.1) is 29.4 Å². The second-order valence-electron chi connectivity index (χ2n) is 6.27. The van der Waals surface area contributed by atoms with E-state index in [4.69, 9.17) is 5.26 Å². The second-order valence-corrected chi connectivity index (χ2v) is 6.27. The minimum atomic E-state index is -0.160. The fraction of sp³-hybridized carbons (Fsp3) is 0.238. The number of hydrogen-bond acceptors (Lipinski definition) is 4. The Hall–Kier alpha value is -3.46.